The maximum Gasteiger partial charge on any atom is 0.437 e. The second kappa shape index (κ2) is 8.84. The smallest absolute Gasteiger partial charge is 0.297 e. The summed E-state index contributed by atoms with van der Waals surface area (Å²) >= 11 is 0. The number of benzene rings is 4. The van der Waals surface area contributed by atoms with Gasteiger partial charge in [0.05, 0.1) is 5.69 Å². The third kappa shape index (κ3) is 4.25. The standard InChI is InChI=1S/C25H18N2O3/c28-24(20-13-5-2-6-14-20)23(19-11-3-1-4-12-19)27-30-25(29)26-22-17-9-15-18-10-7-8-16-21(18)22/h1-17H,(H,26,29). The highest BCUT2D eigenvalue weighted by Gasteiger charge is 2.18. The number of hydrogen-bond donors (Lipinski definition) is 1. The number of ketones is 1. The van der Waals surface area contributed by atoms with E-state index >= 15 is 0 Å². The SMILES string of the molecule is O=C(Nc1cccc2ccccc12)ON=C(C(=O)c1ccccc1)c1ccccc1. The topological polar surface area (TPSA) is 67.8 Å². The zero-order valence-corrected chi connectivity index (χ0v) is 16.0. The summed E-state index contributed by atoms with van der Waals surface area (Å²) in [6.07, 6.45) is -0.777. The van der Waals surface area contributed by atoms with Crippen LogP contribution in [0.5, 0.6) is 0 Å². The van der Waals surface area contributed by atoms with Gasteiger partial charge in [0, 0.05) is 16.5 Å². The van der Waals surface area contributed by atoms with Gasteiger partial charge in [-0.15, -0.1) is 0 Å². The first kappa shape index (κ1) is 19.1. The fourth-order valence-electron chi connectivity index (χ4n) is 3.10. The van der Waals surface area contributed by atoms with E-state index < -0.39 is 6.09 Å². The normalized spacial score (nSPS) is 11.1. The Morgan fingerprint density at radius 3 is 2.00 bits per heavy atom. The van der Waals surface area contributed by atoms with Crippen molar-refractivity contribution in [3.63, 3.8) is 0 Å². The van der Waals surface area contributed by atoms with Crippen LogP contribution in [0.2, 0.25) is 0 Å². The molecule has 4 rings (SSSR count). The van der Waals surface area contributed by atoms with Crippen molar-refractivity contribution in [2.24, 2.45) is 5.16 Å². The predicted octanol–water partition coefficient (Wildman–Crippen LogP) is 5.68. The van der Waals surface area contributed by atoms with Crippen LogP contribution in [0.1, 0.15) is 15.9 Å². The molecule has 0 radical (unpaired) electrons. The van der Waals surface area contributed by atoms with Crippen molar-refractivity contribution in [3.8, 4) is 0 Å². The van der Waals surface area contributed by atoms with E-state index in [0.29, 0.717) is 16.8 Å². The molecule has 0 aliphatic rings. The minimum absolute atomic E-state index is 0.0508. The molecule has 0 fully saturated rings. The number of fused-ring (bicyclic) bond motifs is 1. The highest BCUT2D eigenvalue weighted by molar-refractivity contribution is 6.51. The molecule has 0 aliphatic heterocycles. The van der Waals surface area contributed by atoms with Crippen molar-refractivity contribution >= 4 is 34.0 Å². The van der Waals surface area contributed by atoms with Gasteiger partial charge in [-0.05, 0) is 11.5 Å². The van der Waals surface area contributed by atoms with E-state index in [0.717, 1.165) is 10.8 Å². The molecule has 0 bridgehead atoms. The summed E-state index contributed by atoms with van der Waals surface area (Å²) in [4.78, 5) is 30.4. The van der Waals surface area contributed by atoms with Crippen LogP contribution < -0.4 is 5.32 Å². The second-order valence-electron chi connectivity index (χ2n) is 6.53. The third-order valence-electron chi connectivity index (χ3n) is 4.54. The molecule has 5 nitrogen and oxygen atoms in total. The third-order valence-corrected chi connectivity index (χ3v) is 4.54. The van der Waals surface area contributed by atoms with Gasteiger partial charge in [0.1, 0.15) is 0 Å². The average Bonchev–Trinajstić information content (AvgIpc) is 2.80. The number of carbonyl (C=O) groups excluding carboxylic acids is 2. The van der Waals surface area contributed by atoms with Crippen LogP contribution >= 0.6 is 0 Å². The molecule has 4 aromatic rings. The summed E-state index contributed by atoms with van der Waals surface area (Å²) in [6.45, 7) is 0. The maximum atomic E-state index is 12.9. The van der Waals surface area contributed by atoms with E-state index in [1.54, 1.807) is 54.6 Å². The second-order valence-corrected chi connectivity index (χ2v) is 6.53. The molecule has 1 amide bonds. The fraction of sp³-hybridized carbons (Fsp3) is 0. The van der Waals surface area contributed by atoms with Crippen molar-refractivity contribution < 1.29 is 14.4 Å². The molecule has 0 heterocycles. The average molecular weight is 394 g/mol. The highest BCUT2D eigenvalue weighted by Crippen LogP contribution is 2.23. The molecule has 5 heteroatoms. The molecule has 146 valence electrons. The number of hydrogen-bond acceptors (Lipinski definition) is 4. The molecular weight excluding hydrogens is 376 g/mol. The van der Waals surface area contributed by atoms with E-state index in [-0.39, 0.29) is 11.5 Å². The summed E-state index contributed by atoms with van der Waals surface area (Å²) in [7, 11) is 0. The van der Waals surface area contributed by atoms with Gasteiger partial charge in [-0.25, -0.2) is 4.79 Å². The fourth-order valence-corrected chi connectivity index (χ4v) is 3.10. The van der Waals surface area contributed by atoms with Gasteiger partial charge < -0.3 is 0 Å². The van der Waals surface area contributed by atoms with Gasteiger partial charge in [0.15, 0.2) is 5.71 Å². The van der Waals surface area contributed by atoms with Crippen molar-refractivity contribution in [1.29, 1.82) is 0 Å². The number of nitrogens with zero attached hydrogens (tertiary/aromatic N) is 1. The van der Waals surface area contributed by atoms with Crippen LogP contribution in [-0.2, 0) is 4.84 Å². The summed E-state index contributed by atoms with van der Waals surface area (Å²) in [5.41, 5.74) is 1.67. The molecular formula is C25H18N2O3. The largest absolute Gasteiger partial charge is 0.437 e. The summed E-state index contributed by atoms with van der Waals surface area (Å²) < 4.78 is 0. The van der Waals surface area contributed by atoms with Gasteiger partial charge >= 0.3 is 6.09 Å². The molecule has 0 spiro atoms. The van der Waals surface area contributed by atoms with E-state index in [1.165, 1.54) is 0 Å². The molecule has 4 aromatic carbocycles. The number of rotatable bonds is 5. The van der Waals surface area contributed by atoms with Crippen LogP contribution in [0.3, 0.4) is 0 Å². The van der Waals surface area contributed by atoms with Crippen molar-refractivity contribution in [2.45, 2.75) is 0 Å². The molecule has 0 unspecified atom stereocenters. The monoisotopic (exact) mass is 394 g/mol. The highest BCUT2D eigenvalue weighted by atomic mass is 16.7. The van der Waals surface area contributed by atoms with Gasteiger partial charge in [0.2, 0.25) is 5.78 Å². The van der Waals surface area contributed by atoms with Crippen molar-refractivity contribution in [1.82, 2.24) is 0 Å². The van der Waals surface area contributed by atoms with Crippen LogP contribution in [-0.4, -0.2) is 17.6 Å². The van der Waals surface area contributed by atoms with Crippen LogP contribution in [0, 0.1) is 0 Å². The Hall–Kier alpha value is -4.25. The predicted molar refractivity (Wildman–Crippen MR) is 118 cm³/mol. The number of carbonyl (C=O) groups is 2. The molecule has 1 N–H and O–H groups in total. The summed E-state index contributed by atoms with van der Waals surface area (Å²) in [5, 5.41) is 8.46. The first-order valence-corrected chi connectivity index (χ1v) is 9.41. The van der Waals surface area contributed by atoms with E-state index in [9.17, 15) is 9.59 Å². The van der Waals surface area contributed by atoms with Crippen LogP contribution in [0.4, 0.5) is 10.5 Å². The lowest BCUT2D eigenvalue weighted by Crippen LogP contribution is -2.19. The first-order chi connectivity index (χ1) is 14.7. The minimum atomic E-state index is -0.777. The van der Waals surface area contributed by atoms with Crippen LogP contribution in [0.15, 0.2) is 108 Å². The number of Topliss-reactive ketones (excluding diaryl/α,β-unsaturated/α-hetero) is 1. The zero-order valence-electron chi connectivity index (χ0n) is 16.0. The number of nitrogens with one attached hydrogen (secondary N) is 1. The van der Waals surface area contributed by atoms with Crippen molar-refractivity contribution in [3.05, 3.63) is 114 Å². The molecule has 0 aromatic heterocycles. The van der Waals surface area contributed by atoms with Gasteiger partial charge in [0.25, 0.3) is 0 Å². The lowest BCUT2D eigenvalue weighted by atomic mass is 10.0. The molecule has 0 atom stereocenters. The molecule has 0 aliphatic carbocycles. The Morgan fingerprint density at radius 2 is 1.27 bits per heavy atom. The quantitative estimate of drug-likeness (QED) is 0.205. The Kier molecular flexibility index (Phi) is 5.62. The Balaban J connectivity index is 1.59. The van der Waals surface area contributed by atoms with Gasteiger partial charge in [-0.3, -0.25) is 14.9 Å². The van der Waals surface area contributed by atoms with Gasteiger partial charge in [-0.1, -0.05) is 102 Å². The lowest BCUT2D eigenvalue weighted by Gasteiger charge is -2.08. The Morgan fingerprint density at radius 1 is 0.667 bits per heavy atom. The van der Waals surface area contributed by atoms with Crippen molar-refractivity contribution in [2.75, 3.05) is 5.32 Å². The number of amides is 1. The van der Waals surface area contributed by atoms with Gasteiger partial charge in [-0.2, -0.15) is 0 Å². The molecule has 0 saturated heterocycles. The van der Waals surface area contributed by atoms with E-state index in [4.69, 9.17) is 4.84 Å². The molecule has 0 saturated carbocycles. The number of anilines is 1. The minimum Gasteiger partial charge on any atom is -0.297 e. The van der Waals surface area contributed by atoms with Crippen LogP contribution in [0.25, 0.3) is 10.8 Å². The van der Waals surface area contributed by atoms with E-state index in [1.807, 2.05) is 48.5 Å². The zero-order chi connectivity index (χ0) is 20.8. The Labute approximate surface area is 173 Å². The molecule has 30 heavy (non-hydrogen) atoms. The number of oxime groups is 1. The summed E-state index contributed by atoms with van der Waals surface area (Å²) in [6, 6.07) is 30.9. The summed E-state index contributed by atoms with van der Waals surface area (Å²) in [5.74, 6) is -0.334. The lowest BCUT2D eigenvalue weighted by molar-refractivity contribution is 0.106. The first-order valence-electron chi connectivity index (χ1n) is 9.41. The Bertz CT molecular complexity index is 1210. The van der Waals surface area contributed by atoms with E-state index in [2.05, 4.69) is 10.5 Å². The maximum absolute atomic E-state index is 12.9.